The Bertz CT molecular complexity index is 2370. The van der Waals surface area contributed by atoms with E-state index >= 15 is 0 Å². The number of hydrogen-bond donors (Lipinski definition) is 1. The predicted octanol–water partition coefficient (Wildman–Crippen LogP) is 9.09. The van der Waals surface area contributed by atoms with E-state index in [2.05, 4.69) is 89.5 Å². The fourth-order valence-corrected chi connectivity index (χ4v) is 7.19. The summed E-state index contributed by atoms with van der Waals surface area (Å²) >= 11 is 1.80. The van der Waals surface area contributed by atoms with Gasteiger partial charge < -0.3 is 9.76 Å². The summed E-state index contributed by atoms with van der Waals surface area (Å²) in [5.74, 6) is 0.579. The second-order valence-corrected chi connectivity index (χ2v) is 14.1. The third-order valence-electron chi connectivity index (χ3n) is 9.33. The number of hydrogen-bond acceptors (Lipinski definition) is 5. The van der Waals surface area contributed by atoms with E-state index in [1.165, 1.54) is 20.2 Å². The summed E-state index contributed by atoms with van der Waals surface area (Å²) < 4.78 is 11.0. The van der Waals surface area contributed by atoms with Crippen LogP contribution in [0.4, 0.5) is 0 Å². The lowest BCUT2D eigenvalue weighted by atomic mass is 9.81. The molecule has 0 saturated heterocycles. The quantitative estimate of drug-likeness (QED) is 0.179. The largest absolute Gasteiger partial charge is 0.427 e. The molecule has 3 aromatic heterocycles. The number of thiophene rings is 1. The zero-order chi connectivity index (χ0) is 32.3. The van der Waals surface area contributed by atoms with Gasteiger partial charge in [-0.25, -0.2) is 9.97 Å². The fraction of sp³-hybridized carbons (Fsp3) is 0.150. The third kappa shape index (κ3) is 5.02. The molecule has 229 valence electrons. The first-order valence-corrected chi connectivity index (χ1v) is 16.6. The summed E-state index contributed by atoms with van der Waals surface area (Å²) in [6, 6.07) is 41.9. The monoisotopic (exact) mass is 630 g/mol. The maximum absolute atomic E-state index is 10.9. The van der Waals surface area contributed by atoms with Gasteiger partial charge in [0.05, 0.1) is 33.6 Å². The maximum Gasteiger partial charge on any atom is 0.333 e. The van der Waals surface area contributed by atoms with E-state index in [4.69, 9.17) is 14.6 Å². The average Bonchev–Trinajstić information content (AvgIpc) is 3.63. The normalized spacial score (nSPS) is 12.4. The van der Waals surface area contributed by atoms with E-state index in [-0.39, 0.29) is 0 Å². The molecule has 1 radical (unpaired) electrons. The highest BCUT2D eigenvalue weighted by Gasteiger charge is 2.36. The van der Waals surface area contributed by atoms with Crippen molar-refractivity contribution in [3.05, 3.63) is 121 Å². The molecule has 5 aromatic carbocycles. The molecule has 0 spiro atoms. The van der Waals surface area contributed by atoms with Crippen LogP contribution >= 0.6 is 11.3 Å². The van der Waals surface area contributed by atoms with Gasteiger partial charge in [0.1, 0.15) is 0 Å². The second-order valence-electron chi connectivity index (χ2n) is 13.0. The first-order valence-electron chi connectivity index (χ1n) is 15.8. The minimum atomic E-state index is -1.07. The molecule has 8 aromatic rings. The number of fused-ring (bicyclic) bond motifs is 7. The van der Waals surface area contributed by atoms with E-state index in [9.17, 15) is 5.11 Å². The van der Waals surface area contributed by atoms with Gasteiger partial charge in [-0.2, -0.15) is 0 Å². The zero-order valence-electron chi connectivity index (χ0n) is 26.7. The van der Waals surface area contributed by atoms with Crippen molar-refractivity contribution in [3.63, 3.8) is 0 Å². The molecule has 0 aliphatic rings. The number of rotatable bonds is 7. The Morgan fingerprint density at radius 3 is 1.89 bits per heavy atom. The van der Waals surface area contributed by atoms with Crippen molar-refractivity contribution in [3.8, 4) is 28.5 Å². The van der Waals surface area contributed by atoms with Gasteiger partial charge in [-0.1, -0.05) is 103 Å². The van der Waals surface area contributed by atoms with E-state index in [0.717, 1.165) is 49.8 Å². The number of aromatic nitrogens is 3. The van der Waals surface area contributed by atoms with Crippen molar-refractivity contribution in [1.29, 1.82) is 0 Å². The Balaban J connectivity index is 1.49. The molecule has 0 amide bonds. The van der Waals surface area contributed by atoms with Gasteiger partial charge in [0.2, 0.25) is 5.95 Å². The molecule has 0 aliphatic heterocycles. The highest BCUT2D eigenvalue weighted by molar-refractivity contribution is 7.26. The van der Waals surface area contributed by atoms with Crippen molar-refractivity contribution in [2.24, 2.45) is 0 Å². The molecule has 7 heteroatoms. The molecular weight excluding hydrogens is 597 g/mol. The van der Waals surface area contributed by atoms with Crippen LogP contribution in [-0.4, -0.2) is 38.3 Å². The molecule has 5 nitrogen and oxygen atoms in total. The second kappa shape index (κ2) is 11.2. The van der Waals surface area contributed by atoms with Crippen LogP contribution in [0.1, 0.15) is 27.7 Å². The fourth-order valence-electron chi connectivity index (χ4n) is 6.09. The molecule has 0 unspecified atom stereocenters. The lowest BCUT2D eigenvalue weighted by molar-refractivity contribution is -0.0893. The highest BCUT2D eigenvalue weighted by atomic mass is 32.1. The van der Waals surface area contributed by atoms with Gasteiger partial charge in [0, 0.05) is 42.1 Å². The number of nitrogens with zero attached hydrogens (tertiary/aromatic N) is 3. The van der Waals surface area contributed by atoms with Gasteiger partial charge in [-0.3, -0.25) is 4.57 Å². The maximum atomic E-state index is 10.9. The molecule has 3 heterocycles. The van der Waals surface area contributed by atoms with Crippen molar-refractivity contribution in [1.82, 2.24) is 14.5 Å². The highest BCUT2D eigenvalue weighted by Crippen LogP contribution is 2.42. The van der Waals surface area contributed by atoms with Crippen LogP contribution in [0.15, 0.2) is 121 Å². The van der Waals surface area contributed by atoms with E-state index in [1.807, 2.05) is 50.2 Å². The average molecular weight is 631 g/mol. The first-order chi connectivity index (χ1) is 22.7. The summed E-state index contributed by atoms with van der Waals surface area (Å²) in [6.07, 6.45) is 0. The Kier molecular flexibility index (Phi) is 7.03. The Labute approximate surface area is 278 Å². The van der Waals surface area contributed by atoms with Crippen molar-refractivity contribution in [2.75, 3.05) is 0 Å². The van der Waals surface area contributed by atoms with Crippen LogP contribution in [0.25, 0.3) is 70.4 Å². The Morgan fingerprint density at radius 1 is 0.638 bits per heavy atom. The van der Waals surface area contributed by atoms with Gasteiger partial charge in [0.15, 0.2) is 0 Å². The molecule has 0 aliphatic carbocycles. The third-order valence-corrected chi connectivity index (χ3v) is 10.5. The summed E-state index contributed by atoms with van der Waals surface area (Å²) in [6.45, 7) is 7.34. The van der Waals surface area contributed by atoms with E-state index < -0.39 is 11.2 Å². The topological polar surface area (TPSA) is 60.2 Å². The van der Waals surface area contributed by atoms with Crippen LogP contribution < -0.4 is 5.46 Å². The van der Waals surface area contributed by atoms with Crippen LogP contribution in [-0.2, 0) is 4.65 Å². The van der Waals surface area contributed by atoms with Crippen LogP contribution in [0.2, 0.25) is 0 Å². The molecule has 0 saturated carbocycles. The number of benzene rings is 5. The van der Waals surface area contributed by atoms with Crippen molar-refractivity contribution < 1.29 is 9.76 Å². The Morgan fingerprint density at radius 2 is 1.23 bits per heavy atom. The van der Waals surface area contributed by atoms with Gasteiger partial charge in [-0.05, 0) is 51.4 Å². The SMILES string of the molecule is CC(C)(O)C(C)(C)O[B]c1cccc2c3ccc4sc5ccccc5c4c3n(-c3nc(-c4ccccc4)cc(-c4ccccc4)n3)c12. The van der Waals surface area contributed by atoms with Crippen LogP contribution in [0, 0.1) is 0 Å². The predicted molar refractivity (Wildman–Crippen MR) is 197 cm³/mol. The molecule has 0 fully saturated rings. The summed E-state index contributed by atoms with van der Waals surface area (Å²) in [5.41, 5.74) is 4.68. The molecule has 47 heavy (non-hydrogen) atoms. The van der Waals surface area contributed by atoms with Crippen LogP contribution in [0.5, 0.6) is 0 Å². The van der Waals surface area contributed by atoms with Crippen molar-refractivity contribution in [2.45, 2.75) is 38.9 Å². The van der Waals surface area contributed by atoms with Gasteiger partial charge >= 0.3 is 7.48 Å². The Hall–Kier alpha value is -4.82. The molecule has 0 atom stereocenters. The molecular formula is C40H33BN3O2S. The van der Waals surface area contributed by atoms with E-state index in [0.29, 0.717) is 5.95 Å². The summed E-state index contributed by atoms with van der Waals surface area (Å²) in [4.78, 5) is 10.6. The molecule has 1 N–H and O–H groups in total. The standard InChI is InChI=1S/C40H33BN3O2S/c1-39(2,45)40(3,4)46-41-30-20-13-19-27-28-22-23-34-35(29-18-11-12-21-33(29)47-34)37(28)44(36(27)30)38-42-31(25-14-7-5-8-15-25)24-32(43-38)26-16-9-6-10-17-26/h5-24,45H,1-4H3. The first kappa shape index (κ1) is 29.6. The van der Waals surface area contributed by atoms with Crippen molar-refractivity contribution >= 4 is 66.3 Å². The lowest BCUT2D eigenvalue weighted by Crippen LogP contribution is -2.49. The molecule has 0 bridgehead atoms. The summed E-state index contributed by atoms with van der Waals surface area (Å²) in [5, 5.41) is 15.5. The van der Waals surface area contributed by atoms with Gasteiger partial charge in [0.25, 0.3) is 0 Å². The number of para-hydroxylation sites is 1. The minimum Gasteiger partial charge on any atom is -0.427 e. The smallest absolute Gasteiger partial charge is 0.333 e. The lowest BCUT2D eigenvalue weighted by Gasteiger charge is -2.37. The number of aliphatic hydroxyl groups is 1. The molecule has 8 rings (SSSR count). The van der Waals surface area contributed by atoms with E-state index in [1.54, 1.807) is 32.7 Å². The summed E-state index contributed by atoms with van der Waals surface area (Å²) in [7, 11) is 1.78. The zero-order valence-corrected chi connectivity index (χ0v) is 27.5. The minimum absolute atomic E-state index is 0.579. The van der Waals surface area contributed by atoms with Crippen LogP contribution in [0.3, 0.4) is 0 Å². The van der Waals surface area contributed by atoms with Gasteiger partial charge in [-0.15, -0.1) is 11.3 Å².